The van der Waals surface area contributed by atoms with Gasteiger partial charge in [0, 0.05) is 5.56 Å². The summed E-state index contributed by atoms with van der Waals surface area (Å²) in [7, 11) is -2.40. The Kier molecular flexibility index (Phi) is 5.17. The lowest BCUT2D eigenvalue weighted by Gasteiger charge is -2.20. The maximum Gasteiger partial charge on any atom is 0.240 e. The van der Waals surface area contributed by atoms with Crippen molar-refractivity contribution in [3.8, 4) is 5.75 Å². The fourth-order valence-electron chi connectivity index (χ4n) is 2.80. The van der Waals surface area contributed by atoms with Gasteiger partial charge in [-0.3, -0.25) is 0 Å². The summed E-state index contributed by atoms with van der Waals surface area (Å²) in [6.07, 6.45) is 1.53. The highest BCUT2D eigenvalue weighted by Crippen LogP contribution is 2.38. The third-order valence-corrected chi connectivity index (χ3v) is 5.82. The summed E-state index contributed by atoms with van der Waals surface area (Å²) in [5.74, 6) is -0.0287. The molecule has 5 nitrogen and oxygen atoms in total. The summed E-state index contributed by atoms with van der Waals surface area (Å²) in [6.45, 7) is 0.538. The largest absolute Gasteiger partial charge is 0.492 e. The van der Waals surface area contributed by atoms with Crippen molar-refractivity contribution >= 4 is 27.3 Å². The van der Waals surface area contributed by atoms with E-state index in [1.54, 1.807) is 6.07 Å². The second-order valence-electron chi connectivity index (χ2n) is 5.70. The fraction of sp³-hybridized carbons (Fsp3) is 0.294. The van der Waals surface area contributed by atoms with Crippen molar-refractivity contribution in [3.63, 3.8) is 0 Å². The number of halogens is 2. The van der Waals surface area contributed by atoms with E-state index in [0.29, 0.717) is 17.4 Å². The Morgan fingerprint density at radius 1 is 1.28 bits per heavy atom. The Morgan fingerprint density at radius 2 is 2.08 bits per heavy atom. The van der Waals surface area contributed by atoms with Crippen LogP contribution in [0.5, 0.6) is 5.75 Å². The van der Waals surface area contributed by atoms with Gasteiger partial charge in [0.1, 0.15) is 11.6 Å². The lowest BCUT2D eigenvalue weighted by atomic mass is 10.0. The van der Waals surface area contributed by atoms with Gasteiger partial charge >= 0.3 is 0 Å². The number of benzene rings is 2. The van der Waals surface area contributed by atoms with Gasteiger partial charge in [-0.05, 0) is 44.2 Å². The van der Waals surface area contributed by atoms with E-state index in [0.717, 1.165) is 24.5 Å². The first-order valence-electron chi connectivity index (χ1n) is 7.83. The molecule has 0 amide bonds. The molecular formula is C17H18ClFN2O3S. The summed E-state index contributed by atoms with van der Waals surface area (Å²) >= 11 is 6.20. The van der Waals surface area contributed by atoms with Crippen LogP contribution >= 0.6 is 11.6 Å². The number of nitrogens with one attached hydrogen (secondary N) is 2. The van der Waals surface area contributed by atoms with Crippen molar-refractivity contribution in [2.75, 3.05) is 19.0 Å². The summed E-state index contributed by atoms with van der Waals surface area (Å²) in [5.41, 5.74) is 1.09. The van der Waals surface area contributed by atoms with Gasteiger partial charge in [0.25, 0.3) is 0 Å². The van der Waals surface area contributed by atoms with E-state index in [4.69, 9.17) is 16.3 Å². The first-order chi connectivity index (χ1) is 11.9. The molecule has 3 rings (SSSR count). The zero-order valence-corrected chi connectivity index (χ0v) is 15.1. The van der Waals surface area contributed by atoms with Crippen LogP contribution < -0.4 is 14.8 Å². The Labute approximate surface area is 151 Å². The van der Waals surface area contributed by atoms with Gasteiger partial charge in [-0.25, -0.2) is 17.5 Å². The molecule has 1 unspecified atom stereocenters. The lowest BCUT2D eigenvalue weighted by molar-refractivity contribution is 0.316. The quantitative estimate of drug-likeness (QED) is 0.843. The molecule has 0 aliphatic carbocycles. The van der Waals surface area contributed by atoms with Crippen LogP contribution in [-0.2, 0) is 10.0 Å². The molecule has 1 atom stereocenters. The predicted molar refractivity (Wildman–Crippen MR) is 95.2 cm³/mol. The number of hydrogen-bond donors (Lipinski definition) is 2. The SMILES string of the molecule is CNS(=O)(=O)c1ccc(NC2CCCOc3c(Cl)cccc32)c(F)c1. The highest BCUT2D eigenvalue weighted by Gasteiger charge is 2.23. The number of anilines is 1. The standard InChI is InChI=1S/C17H18ClFN2O3S/c1-20-25(22,23)11-7-8-16(14(19)10-11)21-15-6-3-9-24-17-12(15)4-2-5-13(17)18/h2,4-5,7-8,10,15,20-21H,3,6,9H2,1H3. The molecule has 1 aliphatic heterocycles. The second kappa shape index (κ2) is 7.19. The average molecular weight is 385 g/mol. The predicted octanol–water partition coefficient (Wildman–Crippen LogP) is 3.71. The number of ether oxygens (including phenoxy) is 1. The molecule has 0 saturated carbocycles. The third-order valence-electron chi connectivity index (χ3n) is 4.11. The summed E-state index contributed by atoms with van der Waals surface area (Å²) in [6, 6.07) is 9.07. The topological polar surface area (TPSA) is 67.4 Å². The molecule has 0 aromatic heterocycles. The van der Waals surface area contributed by atoms with Crippen molar-refractivity contribution in [1.82, 2.24) is 4.72 Å². The van der Waals surface area contributed by atoms with Crippen molar-refractivity contribution in [2.24, 2.45) is 0 Å². The van der Waals surface area contributed by atoms with Crippen LogP contribution in [0.25, 0.3) is 0 Å². The summed E-state index contributed by atoms with van der Waals surface area (Å²) < 4.78 is 45.8. The molecular weight excluding hydrogens is 367 g/mol. The van der Waals surface area contributed by atoms with Crippen molar-refractivity contribution in [2.45, 2.75) is 23.8 Å². The van der Waals surface area contributed by atoms with Gasteiger partial charge in [0.15, 0.2) is 0 Å². The highest BCUT2D eigenvalue weighted by molar-refractivity contribution is 7.89. The average Bonchev–Trinajstić information content (AvgIpc) is 2.80. The first kappa shape index (κ1) is 18.0. The van der Waals surface area contributed by atoms with E-state index < -0.39 is 15.8 Å². The van der Waals surface area contributed by atoms with Crippen LogP contribution in [0.4, 0.5) is 10.1 Å². The van der Waals surface area contributed by atoms with Gasteiger partial charge in [-0.15, -0.1) is 0 Å². The fourth-order valence-corrected chi connectivity index (χ4v) is 3.78. The van der Waals surface area contributed by atoms with E-state index in [9.17, 15) is 12.8 Å². The zero-order chi connectivity index (χ0) is 18.0. The van der Waals surface area contributed by atoms with Gasteiger partial charge in [-0.1, -0.05) is 23.7 Å². The Bertz CT molecular complexity index is 889. The van der Waals surface area contributed by atoms with Crippen molar-refractivity contribution in [1.29, 1.82) is 0 Å². The molecule has 8 heteroatoms. The molecule has 0 radical (unpaired) electrons. The zero-order valence-electron chi connectivity index (χ0n) is 13.6. The molecule has 134 valence electrons. The molecule has 0 saturated heterocycles. The maximum absolute atomic E-state index is 14.4. The molecule has 25 heavy (non-hydrogen) atoms. The monoisotopic (exact) mass is 384 g/mol. The minimum atomic E-state index is -3.69. The van der Waals surface area contributed by atoms with Crippen molar-refractivity contribution < 1.29 is 17.5 Å². The summed E-state index contributed by atoms with van der Waals surface area (Å²) in [4.78, 5) is -0.120. The van der Waals surface area contributed by atoms with Crippen LogP contribution in [0.3, 0.4) is 0 Å². The van der Waals surface area contributed by atoms with Gasteiger partial charge < -0.3 is 10.1 Å². The van der Waals surface area contributed by atoms with E-state index in [1.807, 2.05) is 12.1 Å². The second-order valence-corrected chi connectivity index (χ2v) is 7.99. The van der Waals surface area contributed by atoms with E-state index in [2.05, 4.69) is 10.0 Å². The number of fused-ring (bicyclic) bond motifs is 1. The number of sulfonamides is 1. The summed E-state index contributed by atoms with van der Waals surface area (Å²) in [5, 5.41) is 3.66. The third kappa shape index (κ3) is 3.73. The maximum atomic E-state index is 14.4. The van der Waals surface area contributed by atoms with Gasteiger partial charge in [-0.2, -0.15) is 0 Å². The minimum Gasteiger partial charge on any atom is -0.492 e. The van der Waals surface area contributed by atoms with E-state index >= 15 is 0 Å². The molecule has 0 fully saturated rings. The van der Waals surface area contributed by atoms with Crippen molar-refractivity contribution in [3.05, 3.63) is 52.8 Å². The molecule has 0 spiro atoms. The normalized spacial score (nSPS) is 17.3. The van der Waals surface area contributed by atoms with Gasteiger partial charge in [0.05, 0.1) is 28.3 Å². The Balaban J connectivity index is 1.92. The first-order valence-corrected chi connectivity index (χ1v) is 9.69. The molecule has 2 aromatic rings. The van der Waals surface area contributed by atoms with Crippen LogP contribution in [0.1, 0.15) is 24.4 Å². The van der Waals surface area contributed by atoms with Crippen LogP contribution in [0, 0.1) is 5.82 Å². The van der Waals surface area contributed by atoms with Crippen LogP contribution in [0.15, 0.2) is 41.3 Å². The van der Waals surface area contributed by atoms with E-state index in [-0.39, 0.29) is 16.6 Å². The highest BCUT2D eigenvalue weighted by atomic mass is 35.5. The smallest absolute Gasteiger partial charge is 0.240 e. The van der Waals surface area contributed by atoms with Gasteiger partial charge in [0.2, 0.25) is 10.0 Å². The lowest BCUT2D eigenvalue weighted by Crippen LogP contribution is -2.19. The molecule has 2 aromatic carbocycles. The van der Waals surface area contributed by atoms with Crippen LogP contribution in [0.2, 0.25) is 5.02 Å². The molecule has 0 bridgehead atoms. The molecule has 1 heterocycles. The van der Waals surface area contributed by atoms with Crippen LogP contribution in [-0.4, -0.2) is 22.1 Å². The number of rotatable bonds is 4. The Morgan fingerprint density at radius 3 is 2.80 bits per heavy atom. The molecule has 2 N–H and O–H groups in total. The Hall–Kier alpha value is -1.83. The number of hydrogen-bond acceptors (Lipinski definition) is 4. The number of para-hydroxylation sites is 1. The molecule has 1 aliphatic rings. The van der Waals surface area contributed by atoms with E-state index in [1.165, 1.54) is 19.2 Å². The minimum absolute atomic E-state index is 0.120.